The Hall–Kier alpha value is -0.910. The van der Waals surface area contributed by atoms with E-state index in [1.165, 1.54) is 5.56 Å². The number of nitrogens with zero attached hydrogens (tertiary/aromatic N) is 3. The highest BCUT2D eigenvalue weighted by atomic mass is 16.5. The van der Waals surface area contributed by atoms with Crippen LogP contribution in [-0.4, -0.2) is 54.1 Å². The van der Waals surface area contributed by atoms with Crippen molar-refractivity contribution in [1.82, 2.24) is 20.0 Å². The van der Waals surface area contributed by atoms with E-state index in [4.69, 9.17) is 4.74 Å². The summed E-state index contributed by atoms with van der Waals surface area (Å²) in [5.41, 5.74) is 2.40. The first kappa shape index (κ1) is 12.5. The van der Waals surface area contributed by atoms with Crippen LogP contribution in [0.1, 0.15) is 11.3 Å². The Morgan fingerprint density at radius 1 is 1.41 bits per heavy atom. The molecular weight excluding hydrogens is 216 g/mol. The van der Waals surface area contributed by atoms with Crippen LogP contribution in [0.5, 0.6) is 0 Å². The van der Waals surface area contributed by atoms with Crippen LogP contribution in [0.3, 0.4) is 0 Å². The predicted molar refractivity (Wildman–Crippen MR) is 66.9 cm³/mol. The minimum Gasteiger partial charge on any atom is -0.379 e. The monoisotopic (exact) mass is 238 g/mol. The molecule has 0 bridgehead atoms. The number of nitrogens with one attached hydrogen (secondary N) is 1. The van der Waals surface area contributed by atoms with Crippen molar-refractivity contribution in [2.75, 3.05) is 39.4 Å². The summed E-state index contributed by atoms with van der Waals surface area (Å²) in [6.45, 7) is 8.96. The number of morpholine rings is 1. The van der Waals surface area contributed by atoms with Gasteiger partial charge < -0.3 is 10.1 Å². The molecule has 0 amide bonds. The summed E-state index contributed by atoms with van der Waals surface area (Å²) in [5, 5.41) is 7.80. The van der Waals surface area contributed by atoms with E-state index in [9.17, 15) is 0 Å². The molecular formula is C12H22N4O. The molecule has 0 spiro atoms. The van der Waals surface area contributed by atoms with Gasteiger partial charge in [-0.3, -0.25) is 9.58 Å². The maximum absolute atomic E-state index is 5.32. The molecule has 96 valence electrons. The lowest BCUT2D eigenvalue weighted by Gasteiger charge is -2.26. The fraction of sp³-hybridized carbons (Fsp3) is 0.750. The molecule has 1 fully saturated rings. The second-order valence-corrected chi connectivity index (χ2v) is 4.54. The van der Waals surface area contributed by atoms with Crippen molar-refractivity contribution in [3.05, 3.63) is 17.5 Å². The lowest BCUT2D eigenvalue weighted by atomic mass is 10.2. The second kappa shape index (κ2) is 6.14. The van der Waals surface area contributed by atoms with E-state index in [0.29, 0.717) is 0 Å². The van der Waals surface area contributed by atoms with Gasteiger partial charge in [-0.1, -0.05) is 0 Å². The molecule has 0 unspecified atom stereocenters. The second-order valence-electron chi connectivity index (χ2n) is 4.54. The van der Waals surface area contributed by atoms with E-state index >= 15 is 0 Å². The van der Waals surface area contributed by atoms with Crippen LogP contribution in [0.15, 0.2) is 6.20 Å². The number of aryl methyl sites for hydroxylation is 2. The molecule has 0 radical (unpaired) electrons. The van der Waals surface area contributed by atoms with Crippen LogP contribution in [0.2, 0.25) is 0 Å². The molecule has 5 nitrogen and oxygen atoms in total. The first-order chi connectivity index (χ1) is 8.25. The summed E-state index contributed by atoms with van der Waals surface area (Å²) in [6.07, 6.45) is 2.08. The average Bonchev–Trinajstić information content (AvgIpc) is 2.65. The summed E-state index contributed by atoms with van der Waals surface area (Å²) in [5.74, 6) is 0. The molecule has 0 aromatic carbocycles. The molecule has 2 heterocycles. The molecule has 1 saturated heterocycles. The van der Waals surface area contributed by atoms with Crippen molar-refractivity contribution in [2.24, 2.45) is 7.05 Å². The molecule has 1 aromatic heterocycles. The Morgan fingerprint density at radius 3 is 2.82 bits per heavy atom. The van der Waals surface area contributed by atoms with E-state index in [0.717, 1.165) is 51.6 Å². The third-order valence-corrected chi connectivity index (χ3v) is 3.14. The van der Waals surface area contributed by atoms with Crippen molar-refractivity contribution in [3.8, 4) is 0 Å². The zero-order valence-corrected chi connectivity index (χ0v) is 10.8. The largest absolute Gasteiger partial charge is 0.379 e. The summed E-state index contributed by atoms with van der Waals surface area (Å²) in [7, 11) is 1.96. The molecule has 0 atom stereocenters. The third kappa shape index (κ3) is 3.80. The molecule has 1 aliphatic heterocycles. The molecule has 0 aliphatic carbocycles. The van der Waals surface area contributed by atoms with Crippen LogP contribution in [0.25, 0.3) is 0 Å². The minimum absolute atomic E-state index is 0.877. The Labute approximate surface area is 103 Å². The van der Waals surface area contributed by atoms with E-state index in [2.05, 4.69) is 28.4 Å². The van der Waals surface area contributed by atoms with Crippen molar-refractivity contribution >= 4 is 0 Å². The number of hydrogen-bond donors (Lipinski definition) is 1. The van der Waals surface area contributed by atoms with Crippen molar-refractivity contribution in [2.45, 2.75) is 13.5 Å². The Morgan fingerprint density at radius 2 is 2.18 bits per heavy atom. The van der Waals surface area contributed by atoms with Crippen LogP contribution in [0.4, 0.5) is 0 Å². The van der Waals surface area contributed by atoms with Gasteiger partial charge in [0.15, 0.2) is 0 Å². The molecule has 5 heteroatoms. The van der Waals surface area contributed by atoms with Gasteiger partial charge in [0, 0.05) is 51.5 Å². The lowest BCUT2D eigenvalue weighted by molar-refractivity contribution is 0.0384. The van der Waals surface area contributed by atoms with E-state index < -0.39 is 0 Å². The van der Waals surface area contributed by atoms with Crippen molar-refractivity contribution in [1.29, 1.82) is 0 Å². The maximum atomic E-state index is 5.32. The number of aromatic nitrogens is 2. The Kier molecular flexibility index (Phi) is 4.53. The fourth-order valence-electron chi connectivity index (χ4n) is 2.11. The highest BCUT2D eigenvalue weighted by Gasteiger charge is 2.09. The molecule has 2 rings (SSSR count). The van der Waals surface area contributed by atoms with Gasteiger partial charge in [0.05, 0.1) is 18.9 Å². The minimum atomic E-state index is 0.877. The van der Waals surface area contributed by atoms with Gasteiger partial charge in [0.2, 0.25) is 0 Å². The highest BCUT2D eigenvalue weighted by molar-refractivity contribution is 5.14. The topological polar surface area (TPSA) is 42.3 Å². The van der Waals surface area contributed by atoms with Gasteiger partial charge in [-0.25, -0.2) is 0 Å². The molecule has 17 heavy (non-hydrogen) atoms. The summed E-state index contributed by atoms with van der Waals surface area (Å²) in [4.78, 5) is 2.44. The van der Waals surface area contributed by atoms with Gasteiger partial charge in [-0.15, -0.1) is 0 Å². The van der Waals surface area contributed by atoms with Gasteiger partial charge in [0.1, 0.15) is 0 Å². The smallest absolute Gasteiger partial charge is 0.0638 e. The van der Waals surface area contributed by atoms with Gasteiger partial charge in [-0.05, 0) is 6.92 Å². The normalized spacial score (nSPS) is 17.5. The molecule has 1 aliphatic rings. The van der Waals surface area contributed by atoms with E-state index in [-0.39, 0.29) is 0 Å². The average molecular weight is 238 g/mol. The van der Waals surface area contributed by atoms with Crippen LogP contribution in [0, 0.1) is 6.92 Å². The van der Waals surface area contributed by atoms with Gasteiger partial charge >= 0.3 is 0 Å². The molecule has 0 saturated carbocycles. The summed E-state index contributed by atoms with van der Waals surface area (Å²) < 4.78 is 7.19. The third-order valence-electron chi connectivity index (χ3n) is 3.14. The first-order valence-electron chi connectivity index (χ1n) is 6.25. The van der Waals surface area contributed by atoms with Crippen molar-refractivity contribution < 1.29 is 4.74 Å². The van der Waals surface area contributed by atoms with Crippen LogP contribution >= 0.6 is 0 Å². The van der Waals surface area contributed by atoms with Gasteiger partial charge in [0.25, 0.3) is 0 Å². The SMILES string of the molecule is Cc1nn(C)cc1CNCCN1CCOCC1. The lowest BCUT2D eigenvalue weighted by Crippen LogP contribution is -2.40. The number of ether oxygens (including phenoxy) is 1. The van der Waals surface area contributed by atoms with Gasteiger partial charge in [-0.2, -0.15) is 5.10 Å². The van der Waals surface area contributed by atoms with Crippen molar-refractivity contribution in [3.63, 3.8) is 0 Å². The number of hydrogen-bond acceptors (Lipinski definition) is 4. The molecule has 1 aromatic rings. The van der Waals surface area contributed by atoms with Crippen LogP contribution in [-0.2, 0) is 18.3 Å². The zero-order chi connectivity index (χ0) is 12.1. The number of rotatable bonds is 5. The quantitative estimate of drug-likeness (QED) is 0.742. The zero-order valence-electron chi connectivity index (χ0n) is 10.8. The highest BCUT2D eigenvalue weighted by Crippen LogP contribution is 2.03. The van der Waals surface area contributed by atoms with E-state index in [1.807, 2.05) is 11.7 Å². The predicted octanol–water partition coefficient (Wildman–Crippen LogP) is 0.150. The summed E-state index contributed by atoms with van der Waals surface area (Å²) in [6, 6.07) is 0. The molecule has 1 N–H and O–H groups in total. The maximum Gasteiger partial charge on any atom is 0.0638 e. The van der Waals surface area contributed by atoms with Crippen LogP contribution < -0.4 is 5.32 Å². The standard InChI is InChI=1S/C12H22N4O/c1-11-12(10-15(2)14-11)9-13-3-4-16-5-7-17-8-6-16/h10,13H,3-9H2,1-2H3. The summed E-state index contributed by atoms with van der Waals surface area (Å²) >= 11 is 0. The van der Waals surface area contributed by atoms with E-state index in [1.54, 1.807) is 0 Å². The Balaban J connectivity index is 1.64. The first-order valence-corrected chi connectivity index (χ1v) is 6.25. The fourth-order valence-corrected chi connectivity index (χ4v) is 2.11. The Bertz CT molecular complexity index is 344.